The zero-order valence-electron chi connectivity index (χ0n) is 15.0. The van der Waals surface area contributed by atoms with E-state index in [1.165, 1.54) is 30.9 Å². The number of benzene rings is 2. The van der Waals surface area contributed by atoms with Crippen LogP contribution in [0.5, 0.6) is 5.75 Å². The number of amides is 1. The van der Waals surface area contributed by atoms with Crippen LogP contribution in [0.3, 0.4) is 0 Å². The van der Waals surface area contributed by atoms with E-state index in [0.29, 0.717) is 28.4 Å². The van der Waals surface area contributed by atoms with E-state index >= 15 is 0 Å². The fourth-order valence-corrected chi connectivity index (χ4v) is 2.53. The van der Waals surface area contributed by atoms with Gasteiger partial charge in [0.1, 0.15) is 5.75 Å². The normalized spacial score (nSPS) is 11.5. The number of hydrogen-bond donors (Lipinski definition) is 1. The van der Waals surface area contributed by atoms with Gasteiger partial charge in [0.25, 0.3) is 5.91 Å². The van der Waals surface area contributed by atoms with Crippen LogP contribution in [0.25, 0.3) is 0 Å². The SMILES string of the molecule is CCc1ccc(O[C@@H](CC)C(=O)Nc2cc(C(=O)OC)ccc2Cl)cc1. The first-order chi connectivity index (χ1) is 12.5. The number of anilines is 1. The maximum atomic E-state index is 12.6. The first-order valence-corrected chi connectivity index (χ1v) is 8.80. The second kappa shape index (κ2) is 9.25. The smallest absolute Gasteiger partial charge is 0.337 e. The lowest BCUT2D eigenvalue weighted by Crippen LogP contribution is -2.32. The third-order valence-corrected chi connectivity index (χ3v) is 4.25. The van der Waals surface area contributed by atoms with Crippen molar-refractivity contribution in [2.45, 2.75) is 32.8 Å². The van der Waals surface area contributed by atoms with Crippen molar-refractivity contribution in [1.29, 1.82) is 0 Å². The molecule has 1 amide bonds. The number of halogens is 1. The van der Waals surface area contributed by atoms with Gasteiger partial charge < -0.3 is 14.8 Å². The van der Waals surface area contributed by atoms with Crippen LogP contribution < -0.4 is 10.1 Å². The zero-order chi connectivity index (χ0) is 19.1. The van der Waals surface area contributed by atoms with Gasteiger partial charge >= 0.3 is 5.97 Å². The monoisotopic (exact) mass is 375 g/mol. The van der Waals surface area contributed by atoms with Gasteiger partial charge in [-0.15, -0.1) is 0 Å². The van der Waals surface area contributed by atoms with Gasteiger partial charge in [-0.1, -0.05) is 37.6 Å². The van der Waals surface area contributed by atoms with Gasteiger partial charge in [0, 0.05) is 0 Å². The average Bonchev–Trinajstić information content (AvgIpc) is 2.67. The molecule has 5 nitrogen and oxygen atoms in total. The highest BCUT2D eigenvalue weighted by molar-refractivity contribution is 6.33. The fourth-order valence-electron chi connectivity index (χ4n) is 2.37. The molecule has 0 saturated heterocycles. The Hall–Kier alpha value is -2.53. The van der Waals surface area contributed by atoms with E-state index < -0.39 is 12.1 Å². The number of hydrogen-bond acceptors (Lipinski definition) is 4. The van der Waals surface area contributed by atoms with Gasteiger partial charge in [-0.05, 0) is 48.7 Å². The van der Waals surface area contributed by atoms with Crippen molar-refractivity contribution in [3.8, 4) is 5.75 Å². The van der Waals surface area contributed by atoms with Crippen molar-refractivity contribution in [2.24, 2.45) is 0 Å². The second-order valence-electron chi connectivity index (χ2n) is 5.69. The Balaban J connectivity index is 2.12. The van der Waals surface area contributed by atoms with Crippen molar-refractivity contribution in [3.05, 3.63) is 58.6 Å². The molecule has 2 aromatic carbocycles. The van der Waals surface area contributed by atoms with E-state index in [2.05, 4.69) is 17.0 Å². The van der Waals surface area contributed by atoms with E-state index in [0.717, 1.165) is 6.42 Å². The standard InChI is InChI=1S/C20H22ClNO4/c1-4-13-6-9-15(10-7-13)26-18(5-2)19(23)22-17-12-14(20(24)25-3)8-11-16(17)21/h6-12,18H,4-5H2,1-3H3,(H,22,23)/t18-/m0/s1. The molecule has 0 fully saturated rings. The van der Waals surface area contributed by atoms with Crippen LogP contribution in [-0.2, 0) is 16.0 Å². The lowest BCUT2D eigenvalue weighted by molar-refractivity contribution is -0.122. The summed E-state index contributed by atoms with van der Waals surface area (Å²) in [6, 6.07) is 12.2. The minimum absolute atomic E-state index is 0.302. The van der Waals surface area contributed by atoms with Crippen LogP contribution in [0.1, 0.15) is 36.2 Å². The number of carbonyl (C=O) groups excluding carboxylic acids is 2. The first-order valence-electron chi connectivity index (χ1n) is 8.42. The molecule has 0 unspecified atom stereocenters. The van der Waals surface area contributed by atoms with Crippen LogP contribution in [0.15, 0.2) is 42.5 Å². The van der Waals surface area contributed by atoms with Gasteiger partial charge in [-0.25, -0.2) is 4.79 Å². The predicted molar refractivity (Wildman–Crippen MR) is 102 cm³/mol. The van der Waals surface area contributed by atoms with Crippen LogP contribution in [0, 0.1) is 0 Å². The average molecular weight is 376 g/mol. The van der Waals surface area contributed by atoms with E-state index in [4.69, 9.17) is 16.3 Å². The van der Waals surface area contributed by atoms with Gasteiger partial charge in [0.2, 0.25) is 0 Å². The molecule has 1 atom stereocenters. The number of carbonyl (C=O) groups is 2. The second-order valence-corrected chi connectivity index (χ2v) is 6.09. The molecule has 0 aliphatic rings. The van der Waals surface area contributed by atoms with Crippen LogP contribution in [0.4, 0.5) is 5.69 Å². The van der Waals surface area contributed by atoms with E-state index in [-0.39, 0.29) is 5.91 Å². The molecular formula is C20H22ClNO4. The first kappa shape index (κ1) is 19.8. The molecular weight excluding hydrogens is 354 g/mol. The Kier molecular flexibility index (Phi) is 7.04. The van der Waals surface area contributed by atoms with E-state index in [9.17, 15) is 9.59 Å². The molecule has 2 aromatic rings. The molecule has 0 saturated carbocycles. The van der Waals surface area contributed by atoms with Gasteiger partial charge in [0.05, 0.1) is 23.4 Å². The summed E-state index contributed by atoms with van der Waals surface area (Å²) in [6.45, 7) is 3.93. The van der Waals surface area contributed by atoms with Gasteiger partial charge in [-0.2, -0.15) is 0 Å². The lowest BCUT2D eigenvalue weighted by Gasteiger charge is -2.18. The molecule has 0 radical (unpaired) electrons. The molecule has 26 heavy (non-hydrogen) atoms. The molecule has 0 aliphatic heterocycles. The summed E-state index contributed by atoms with van der Waals surface area (Å²) >= 11 is 6.12. The highest BCUT2D eigenvalue weighted by Gasteiger charge is 2.20. The third kappa shape index (κ3) is 4.99. The Labute approximate surface area is 158 Å². The van der Waals surface area contributed by atoms with Crippen molar-refractivity contribution < 1.29 is 19.1 Å². The van der Waals surface area contributed by atoms with Gasteiger partial charge in [0.15, 0.2) is 6.10 Å². The van der Waals surface area contributed by atoms with Gasteiger partial charge in [-0.3, -0.25) is 4.79 Å². The van der Waals surface area contributed by atoms with Crippen molar-refractivity contribution in [1.82, 2.24) is 0 Å². The van der Waals surface area contributed by atoms with E-state index in [1.807, 2.05) is 31.2 Å². The number of rotatable bonds is 7. The largest absolute Gasteiger partial charge is 0.481 e. The third-order valence-electron chi connectivity index (χ3n) is 3.92. The summed E-state index contributed by atoms with van der Waals surface area (Å²) in [5.41, 5.74) is 1.83. The van der Waals surface area contributed by atoms with Crippen LogP contribution in [-0.4, -0.2) is 25.1 Å². The van der Waals surface area contributed by atoms with E-state index in [1.54, 1.807) is 0 Å². The molecule has 1 N–H and O–H groups in total. The Bertz CT molecular complexity index is 774. The molecule has 0 heterocycles. The summed E-state index contributed by atoms with van der Waals surface area (Å²) in [6.07, 6.45) is 0.739. The molecule has 0 bridgehead atoms. The summed E-state index contributed by atoms with van der Waals surface area (Å²) in [4.78, 5) is 24.2. The topological polar surface area (TPSA) is 64.6 Å². The number of nitrogens with one attached hydrogen (secondary N) is 1. The molecule has 0 spiro atoms. The predicted octanol–water partition coefficient (Wildman–Crippen LogP) is 4.49. The van der Waals surface area contributed by atoms with Crippen molar-refractivity contribution in [2.75, 3.05) is 12.4 Å². The number of aryl methyl sites for hydroxylation is 1. The van der Waals surface area contributed by atoms with Crippen molar-refractivity contribution in [3.63, 3.8) is 0 Å². The number of methoxy groups -OCH3 is 1. The molecule has 2 rings (SSSR count). The number of esters is 1. The zero-order valence-corrected chi connectivity index (χ0v) is 15.8. The fraction of sp³-hybridized carbons (Fsp3) is 0.300. The van der Waals surface area contributed by atoms with Crippen LogP contribution in [0.2, 0.25) is 5.02 Å². The summed E-state index contributed by atoms with van der Waals surface area (Å²) < 4.78 is 10.5. The molecule has 0 aromatic heterocycles. The molecule has 138 valence electrons. The Morgan fingerprint density at radius 3 is 2.38 bits per heavy atom. The summed E-state index contributed by atoms with van der Waals surface area (Å²) in [5.74, 6) is -0.217. The minimum atomic E-state index is -0.680. The Morgan fingerprint density at radius 2 is 1.81 bits per heavy atom. The maximum absolute atomic E-state index is 12.6. The van der Waals surface area contributed by atoms with Crippen LogP contribution >= 0.6 is 11.6 Å². The van der Waals surface area contributed by atoms with Crippen molar-refractivity contribution >= 4 is 29.2 Å². The number of ether oxygens (including phenoxy) is 2. The lowest BCUT2D eigenvalue weighted by atomic mass is 10.1. The summed E-state index contributed by atoms with van der Waals surface area (Å²) in [7, 11) is 1.29. The highest BCUT2D eigenvalue weighted by atomic mass is 35.5. The quantitative estimate of drug-likeness (QED) is 0.724. The molecule has 6 heteroatoms. The summed E-state index contributed by atoms with van der Waals surface area (Å²) in [5, 5.41) is 3.05. The highest BCUT2D eigenvalue weighted by Crippen LogP contribution is 2.24. The minimum Gasteiger partial charge on any atom is -0.481 e. The Morgan fingerprint density at radius 1 is 1.12 bits per heavy atom. The maximum Gasteiger partial charge on any atom is 0.337 e. The molecule has 0 aliphatic carbocycles.